The number of nitrogens with one attached hydrogen (secondary N) is 2. The van der Waals surface area contributed by atoms with Gasteiger partial charge in [-0.15, -0.1) is 11.3 Å². The SMILES string of the molecule is CCc1cc2cc(-c3c(C)nc(NCc4nccs4)nc3N[C@@H]3C[C@H](CO)[C@@H](C)[C@H]3C)oc2cn1. The van der Waals surface area contributed by atoms with Crippen molar-refractivity contribution >= 4 is 34.1 Å². The van der Waals surface area contributed by atoms with E-state index in [0.717, 1.165) is 57.3 Å². The number of hydrogen-bond acceptors (Lipinski definition) is 9. The van der Waals surface area contributed by atoms with Gasteiger partial charge in [0.2, 0.25) is 5.95 Å². The number of aromatic nitrogens is 4. The van der Waals surface area contributed by atoms with E-state index in [1.165, 1.54) is 0 Å². The van der Waals surface area contributed by atoms with Crippen molar-refractivity contribution in [2.75, 3.05) is 17.2 Å². The molecule has 0 spiro atoms. The fraction of sp³-hybridized carbons (Fsp3) is 0.462. The van der Waals surface area contributed by atoms with Gasteiger partial charge in [0.05, 0.1) is 24.0 Å². The van der Waals surface area contributed by atoms with E-state index in [9.17, 15) is 5.11 Å². The van der Waals surface area contributed by atoms with E-state index in [1.807, 2.05) is 18.4 Å². The monoisotopic (exact) mass is 492 g/mol. The van der Waals surface area contributed by atoms with Crippen molar-refractivity contribution in [3.05, 3.63) is 46.3 Å². The summed E-state index contributed by atoms with van der Waals surface area (Å²) in [4.78, 5) is 18.5. The highest BCUT2D eigenvalue weighted by Crippen LogP contribution is 2.40. The summed E-state index contributed by atoms with van der Waals surface area (Å²) in [5, 5.41) is 20.8. The second kappa shape index (κ2) is 9.91. The maximum absolute atomic E-state index is 9.85. The van der Waals surface area contributed by atoms with Gasteiger partial charge >= 0.3 is 0 Å². The standard InChI is InChI=1S/C26H32N6O2S/c1-5-19-8-17-10-21(34-22(17)11-28-19)24-16(4)30-26(29-12-23-27-6-7-35-23)32-25(24)31-20-9-18(13-33)14(2)15(20)3/h6-8,10-11,14-15,18,20,33H,5,9,12-13H2,1-4H3,(H2,29,30,31,32)/t14-,15+,18+,20+/m0/s1. The van der Waals surface area contributed by atoms with Gasteiger partial charge in [-0.05, 0) is 49.7 Å². The molecule has 0 unspecified atom stereocenters. The van der Waals surface area contributed by atoms with Crippen LogP contribution in [0.25, 0.3) is 22.3 Å². The van der Waals surface area contributed by atoms with E-state index >= 15 is 0 Å². The Kier molecular flexibility index (Phi) is 6.71. The van der Waals surface area contributed by atoms with E-state index in [2.05, 4.69) is 47.4 Å². The highest BCUT2D eigenvalue weighted by Gasteiger charge is 2.38. The van der Waals surface area contributed by atoms with Crippen molar-refractivity contribution in [3.63, 3.8) is 0 Å². The molecule has 0 saturated heterocycles. The lowest BCUT2D eigenvalue weighted by atomic mass is 9.92. The third kappa shape index (κ3) is 4.75. The minimum atomic E-state index is 0.194. The molecule has 0 aliphatic heterocycles. The average Bonchev–Trinajstić information content (AvgIpc) is 3.58. The lowest BCUT2D eigenvalue weighted by Crippen LogP contribution is -2.25. The average molecular weight is 493 g/mol. The van der Waals surface area contributed by atoms with E-state index in [0.29, 0.717) is 24.3 Å². The maximum atomic E-state index is 9.85. The highest BCUT2D eigenvalue weighted by molar-refractivity contribution is 7.09. The Morgan fingerprint density at radius 2 is 2.03 bits per heavy atom. The molecule has 1 fully saturated rings. The Balaban J connectivity index is 1.53. The number of furan rings is 1. The van der Waals surface area contributed by atoms with Gasteiger partial charge in [-0.2, -0.15) is 4.98 Å². The maximum Gasteiger partial charge on any atom is 0.225 e. The molecule has 184 valence electrons. The summed E-state index contributed by atoms with van der Waals surface area (Å²) in [5.74, 6) is 3.11. The molecule has 5 rings (SSSR count). The molecular formula is C26H32N6O2S. The zero-order chi connectivity index (χ0) is 24.5. The smallest absolute Gasteiger partial charge is 0.225 e. The quantitative estimate of drug-likeness (QED) is 0.304. The summed E-state index contributed by atoms with van der Waals surface area (Å²) in [6.07, 6.45) is 5.35. The predicted molar refractivity (Wildman–Crippen MR) is 140 cm³/mol. The molecule has 0 aromatic carbocycles. The molecule has 4 atom stereocenters. The molecule has 8 nitrogen and oxygen atoms in total. The second-order valence-corrected chi connectivity index (χ2v) is 10.4. The summed E-state index contributed by atoms with van der Waals surface area (Å²) < 4.78 is 6.24. The normalized spacial score (nSPS) is 22.1. The number of thiazole rings is 1. The van der Waals surface area contributed by atoms with Crippen LogP contribution in [0.1, 0.15) is 43.6 Å². The fourth-order valence-electron chi connectivity index (χ4n) is 5.01. The van der Waals surface area contributed by atoms with Crippen molar-refractivity contribution in [1.82, 2.24) is 19.9 Å². The minimum Gasteiger partial charge on any atom is -0.454 e. The molecule has 1 aliphatic carbocycles. The molecule has 0 amide bonds. The number of aryl methyl sites for hydroxylation is 2. The lowest BCUT2D eigenvalue weighted by molar-refractivity contribution is 0.191. The van der Waals surface area contributed by atoms with E-state index < -0.39 is 0 Å². The fourth-order valence-corrected chi connectivity index (χ4v) is 5.57. The molecule has 1 aliphatic rings. The van der Waals surface area contributed by atoms with E-state index in [4.69, 9.17) is 14.4 Å². The summed E-state index contributed by atoms with van der Waals surface area (Å²) in [5.41, 5.74) is 3.45. The number of anilines is 2. The topological polar surface area (TPSA) is 109 Å². The van der Waals surface area contributed by atoms with Crippen molar-refractivity contribution in [1.29, 1.82) is 0 Å². The highest BCUT2D eigenvalue weighted by atomic mass is 32.1. The van der Waals surface area contributed by atoms with Gasteiger partial charge in [0.1, 0.15) is 16.6 Å². The van der Waals surface area contributed by atoms with Gasteiger partial charge in [0.25, 0.3) is 0 Å². The zero-order valence-corrected chi connectivity index (χ0v) is 21.4. The molecule has 35 heavy (non-hydrogen) atoms. The molecule has 1 saturated carbocycles. The van der Waals surface area contributed by atoms with Crippen molar-refractivity contribution in [3.8, 4) is 11.3 Å². The summed E-state index contributed by atoms with van der Waals surface area (Å²) >= 11 is 1.60. The molecule has 0 bridgehead atoms. The number of hydrogen-bond donors (Lipinski definition) is 3. The Morgan fingerprint density at radius 1 is 1.17 bits per heavy atom. The molecule has 4 aromatic heterocycles. The number of aliphatic hydroxyl groups is 1. The van der Waals surface area contributed by atoms with Crippen LogP contribution in [0.5, 0.6) is 0 Å². The van der Waals surface area contributed by atoms with Gasteiger partial charge in [-0.25, -0.2) is 9.97 Å². The first-order valence-electron chi connectivity index (χ1n) is 12.2. The van der Waals surface area contributed by atoms with Gasteiger partial charge in [0, 0.05) is 35.3 Å². The van der Waals surface area contributed by atoms with Crippen LogP contribution in [-0.4, -0.2) is 37.7 Å². The van der Waals surface area contributed by atoms with Crippen LogP contribution in [0.4, 0.5) is 11.8 Å². The Hall–Kier alpha value is -3.04. The minimum absolute atomic E-state index is 0.194. The van der Waals surface area contributed by atoms with Crippen LogP contribution in [-0.2, 0) is 13.0 Å². The van der Waals surface area contributed by atoms with E-state index in [-0.39, 0.29) is 18.6 Å². The van der Waals surface area contributed by atoms with Gasteiger partial charge in [-0.3, -0.25) is 4.98 Å². The van der Waals surface area contributed by atoms with Crippen LogP contribution in [0.15, 0.2) is 34.3 Å². The van der Waals surface area contributed by atoms with Crippen LogP contribution in [0.3, 0.4) is 0 Å². The molecule has 4 heterocycles. The first kappa shape index (κ1) is 23.7. The summed E-state index contributed by atoms with van der Waals surface area (Å²) in [6, 6.07) is 4.31. The lowest BCUT2D eigenvalue weighted by Gasteiger charge is -2.22. The molecule has 3 N–H and O–H groups in total. The van der Waals surface area contributed by atoms with Crippen LogP contribution in [0.2, 0.25) is 0 Å². The first-order valence-corrected chi connectivity index (χ1v) is 13.1. The largest absolute Gasteiger partial charge is 0.454 e. The van der Waals surface area contributed by atoms with E-state index in [1.54, 1.807) is 23.7 Å². The Labute approximate surface area is 209 Å². The number of fused-ring (bicyclic) bond motifs is 1. The van der Waals surface area contributed by atoms with Crippen LogP contribution >= 0.6 is 11.3 Å². The number of nitrogens with zero attached hydrogens (tertiary/aromatic N) is 4. The summed E-state index contributed by atoms with van der Waals surface area (Å²) in [7, 11) is 0. The zero-order valence-electron chi connectivity index (χ0n) is 20.6. The Morgan fingerprint density at radius 3 is 2.74 bits per heavy atom. The van der Waals surface area contributed by atoms with Crippen molar-refractivity contribution in [2.45, 2.75) is 53.1 Å². The number of rotatable bonds is 8. The number of aliphatic hydroxyl groups excluding tert-OH is 1. The molecule has 0 radical (unpaired) electrons. The van der Waals surface area contributed by atoms with Crippen LogP contribution < -0.4 is 10.6 Å². The van der Waals surface area contributed by atoms with Crippen molar-refractivity contribution in [2.24, 2.45) is 17.8 Å². The second-order valence-electron chi connectivity index (χ2n) is 9.46. The van der Waals surface area contributed by atoms with Crippen LogP contribution in [0, 0.1) is 24.7 Å². The van der Waals surface area contributed by atoms with Gasteiger partial charge < -0.3 is 20.2 Å². The molecular weight excluding hydrogens is 460 g/mol. The molecule has 9 heteroatoms. The predicted octanol–water partition coefficient (Wildman–Crippen LogP) is 5.29. The third-order valence-corrected chi connectivity index (χ3v) is 8.14. The van der Waals surface area contributed by atoms with Gasteiger partial charge in [0.15, 0.2) is 5.58 Å². The first-order chi connectivity index (χ1) is 17.0. The Bertz CT molecular complexity index is 1300. The van der Waals surface area contributed by atoms with Crippen molar-refractivity contribution < 1.29 is 9.52 Å². The van der Waals surface area contributed by atoms with Gasteiger partial charge in [-0.1, -0.05) is 20.8 Å². The third-order valence-electron chi connectivity index (χ3n) is 7.36. The summed E-state index contributed by atoms with van der Waals surface area (Å²) in [6.45, 7) is 9.31. The molecule has 4 aromatic rings. The number of pyridine rings is 1.